The van der Waals surface area contributed by atoms with E-state index in [2.05, 4.69) is 24.3 Å². The molecule has 0 fully saturated rings. The minimum atomic E-state index is -0.296. The van der Waals surface area contributed by atoms with Gasteiger partial charge in [-0.1, -0.05) is 24.3 Å². The highest BCUT2D eigenvalue weighted by molar-refractivity contribution is 5.24. The average Bonchev–Trinajstić information content (AvgIpc) is 2.42. The van der Waals surface area contributed by atoms with E-state index in [0.29, 0.717) is 0 Å². The van der Waals surface area contributed by atoms with Crippen LogP contribution < -0.4 is 0 Å². The molecule has 0 radical (unpaired) electrons. The molecular weight excluding hydrogens is 304 g/mol. The SMILES string of the molecule is CC(Cc1cccc(CC(C)OOC(C)(C)C)c1)OOC(C)(C)C. The molecule has 1 rings (SSSR count). The fraction of sp³-hybridized carbons (Fsp3) is 0.700. The Morgan fingerprint density at radius 3 is 1.46 bits per heavy atom. The molecule has 0 bridgehead atoms. The fourth-order valence-corrected chi connectivity index (χ4v) is 2.07. The zero-order valence-corrected chi connectivity index (χ0v) is 16.5. The largest absolute Gasteiger partial charge is 0.233 e. The van der Waals surface area contributed by atoms with Crippen molar-refractivity contribution in [1.29, 1.82) is 0 Å². The molecule has 4 nitrogen and oxygen atoms in total. The molecule has 0 spiro atoms. The number of hydrogen-bond donors (Lipinski definition) is 0. The molecule has 0 aromatic heterocycles. The monoisotopic (exact) mass is 338 g/mol. The molecule has 4 heteroatoms. The van der Waals surface area contributed by atoms with Crippen molar-refractivity contribution in [3.8, 4) is 0 Å². The van der Waals surface area contributed by atoms with E-state index in [0.717, 1.165) is 12.8 Å². The van der Waals surface area contributed by atoms with Crippen molar-refractivity contribution >= 4 is 0 Å². The standard InChI is InChI=1S/C20H34O4/c1-15(21-23-19(3,4)5)12-17-10-9-11-18(14-17)13-16(2)22-24-20(6,7)8/h9-11,14-16H,12-13H2,1-8H3. The molecule has 1 aromatic rings. The summed E-state index contributed by atoms with van der Waals surface area (Å²) in [5, 5.41) is 0. The Labute approximate surface area is 147 Å². The second kappa shape index (κ2) is 8.95. The summed E-state index contributed by atoms with van der Waals surface area (Å²) >= 11 is 0. The molecule has 0 aliphatic carbocycles. The van der Waals surface area contributed by atoms with Gasteiger partial charge >= 0.3 is 0 Å². The Kier molecular flexibility index (Phi) is 7.87. The van der Waals surface area contributed by atoms with Gasteiger partial charge in [-0.3, -0.25) is 0 Å². The lowest BCUT2D eigenvalue weighted by molar-refractivity contribution is -0.369. The van der Waals surface area contributed by atoms with Gasteiger partial charge in [-0.05, 0) is 66.5 Å². The molecule has 0 saturated carbocycles. The first-order valence-corrected chi connectivity index (χ1v) is 8.71. The smallest absolute Gasteiger partial charge is 0.0952 e. The lowest BCUT2D eigenvalue weighted by atomic mass is 10.0. The summed E-state index contributed by atoms with van der Waals surface area (Å²) in [5.74, 6) is 0. The van der Waals surface area contributed by atoms with E-state index in [4.69, 9.17) is 19.6 Å². The lowest BCUT2D eigenvalue weighted by Crippen LogP contribution is -2.24. The van der Waals surface area contributed by atoms with Crippen molar-refractivity contribution in [2.45, 2.75) is 91.6 Å². The number of hydrogen-bond acceptors (Lipinski definition) is 4. The molecule has 0 N–H and O–H groups in total. The summed E-state index contributed by atoms with van der Waals surface area (Å²) < 4.78 is 0. The Hall–Kier alpha value is -0.940. The Bertz CT molecular complexity index is 444. The first kappa shape index (κ1) is 21.1. The summed E-state index contributed by atoms with van der Waals surface area (Å²) in [6.45, 7) is 15.9. The van der Waals surface area contributed by atoms with Gasteiger partial charge in [0, 0.05) is 12.8 Å². The van der Waals surface area contributed by atoms with Gasteiger partial charge < -0.3 is 0 Å². The maximum Gasteiger partial charge on any atom is 0.0952 e. The quantitative estimate of drug-likeness (QED) is 0.491. The summed E-state index contributed by atoms with van der Waals surface area (Å²) in [4.78, 5) is 21.7. The van der Waals surface area contributed by atoms with Crippen LogP contribution in [0.2, 0.25) is 0 Å². The summed E-state index contributed by atoms with van der Waals surface area (Å²) in [7, 11) is 0. The van der Waals surface area contributed by atoms with Crippen LogP contribution in [0.1, 0.15) is 66.5 Å². The zero-order valence-electron chi connectivity index (χ0n) is 16.5. The van der Waals surface area contributed by atoms with Crippen LogP contribution in [0.5, 0.6) is 0 Å². The van der Waals surface area contributed by atoms with Crippen LogP contribution in [0.15, 0.2) is 24.3 Å². The van der Waals surface area contributed by atoms with Gasteiger partial charge in [0.1, 0.15) is 0 Å². The van der Waals surface area contributed by atoms with E-state index in [1.807, 2.05) is 55.4 Å². The number of rotatable bonds is 8. The molecule has 2 atom stereocenters. The van der Waals surface area contributed by atoms with Crippen molar-refractivity contribution in [2.24, 2.45) is 0 Å². The normalized spacial score (nSPS) is 15.3. The van der Waals surface area contributed by atoms with E-state index < -0.39 is 0 Å². The van der Waals surface area contributed by atoms with Crippen LogP contribution in [0.25, 0.3) is 0 Å². The van der Waals surface area contributed by atoms with Crippen molar-refractivity contribution in [1.82, 2.24) is 0 Å². The van der Waals surface area contributed by atoms with E-state index in [1.54, 1.807) is 0 Å². The van der Waals surface area contributed by atoms with Crippen molar-refractivity contribution in [2.75, 3.05) is 0 Å². The summed E-state index contributed by atoms with van der Waals surface area (Å²) in [5.41, 5.74) is 1.86. The molecule has 24 heavy (non-hydrogen) atoms. The van der Waals surface area contributed by atoms with Crippen LogP contribution in [-0.4, -0.2) is 23.4 Å². The van der Waals surface area contributed by atoms with Crippen LogP contribution >= 0.6 is 0 Å². The molecule has 0 aliphatic heterocycles. The van der Waals surface area contributed by atoms with Gasteiger partial charge in [0.25, 0.3) is 0 Å². The number of benzene rings is 1. The second-order valence-electron chi connectivity index (χ2n) is 8.43. The Morgan fingerprint density at radius 1 is 0.750 bits per heavy atom. The molecule has 2 unspecified atom stereocenters. The van der Waals surface area contributed by atoms with Crippen LogP contribution in [0, 0.1) is 0 Å². The minimum Gasteiger partial charge on any atom is -0.233 e. The predicted octanol–water partition coefficient (Wildman–Crippen LogP) is 5.04. The third-order valence-corrected chi connectivity index (χ3v) is 2.96. The van der Waals surface area contributed by atoms with E-state index in [1.165, 1.54) is 11.1 Å². The third kappa shape index (κ3) is 10.0. The van der Waals surface area contributed by atoms with Crippen LogP contribution in [0.4, 0.5) is 0 Å². The fourth-order valence-electron chi connectivity index (χ4n) is 2.07. The topological polar surface area (TPSA) is 36.9 Å². The van der Waals surface area contributed by atoms with Crippen molar-refractivity contribution in [3.05, 3.63) is 35.4 Å². The second-order valence-corrected chi connectivity index (χ2v) is 8.43. The Morgan fingerprint density at radius 2 is 1.12 bits per heavy atom. The van der Waals surface area contributed by atoms with Crippen molar-refractivity contribution < 1.29 is 19.6 Å². The van der Waals surface area contributed by atoms with Gasteiger partial charge in [-0.2, -0.15) is 0 Å². The molecule has 138 valence electrons. The maximum absolute atomic E-state index is 5.46. The molecule has 0 amide bonds. The van der Waals surface area contributed by atoms with Gasteiger partial charge in [0.15, 0.2) is 0 Å². The third-order valence-electron chi connectivity index (χ3n) is 2.96. The summed E-state index contributed by atoms with van der Waals surface area (Å²) in [6, 6.07) is 8.47. The average molecular weight is 338 g/mol. The molecule has 0 saturated heterocycles. The zero-order chi connectivity index (χ0) is 18.4. The first-order valence-electron chi connectivity index (χ1n) is 8.71. The van der Waals surface area contributed by atoms with E-state index in [9.17, 15) is 0 Å². The highest BCUT2D eigenvalue weighted by Crippen LogP contribution is 2.16. The molecule has 0 heterocycles. The predicted molar refractivity (Wildman–Crippen MR) is 96.6 cm³/mol. The highest BCUT2D eigenvalue weighted by Gasteiger charge is 2.16. The summed E-state index contributed by atoms with van der Waals surface area (Å²) in [6.07, 6.45) is 1.60. The molecule has 0 aliphatic rings. The molecular formula is C20H34O4. The van der Waals surface area contributed by atoms with Gasteiger partial charge in [-0.25, -0.2) is 19.6 Å². The van der Waals surface area contributed by atoms with Crippen molar-refractivity contribution in [3.63, 3.8) is 0 Å². The maximum atomic E-state index is 5.46. The Balaban J connectivity index is 2.51. The van der Waals surface area contributed by atoms with Crippen LogP contribution in [-0.2, 0) is 32.4 Å². The van der Waals surface area contributed by atoms with Gasteiger partial charge in [0.2, 0.25) is 0 Å². The molecule has 1 aromatic carbocycles. The highest BCUT2D eigenvalue weighted by atomic mass is 17.2. The van der Waals surface area contributed by atoms with Crippen LogP contribution in [0.3, 0.4) is 0 Å². The van der Waals surface area contributed by atoms with Gasteiger partial charge in [0.05, 0.1) is 23.4 Å². The van der Waals surface area contributed by atoms with E-state index in [-0.39, 0.29) is 23.4 Å². The minimum absolute atomic E-state index is 0.00243. The first-order chi connectivity index (χ1) is 10.9. The van der Waals surface area contributed by atoms with E-state index >= 15 is 0 Å². The van der Waals surface area contributed by atoms with Gasteiger partial charge in [-0.15, -0.1) is 0 Å². The lowest BCUT2D eigenvalue weighted by Gasteiger charge is -2.22.